The number of hydrogen-bond donors (Lipinski definition) is 0. The van der Waals surface area contributed by atoms with E-state index >= 15 is 0 Å². The smallest absolute Gasteiger partial charge is 0.188 e. The van der Waals surface area contributed by atoms with E-state index in [0.717, 1.165) is 36.0 Å². The standard InChI is InChI=1S/C20H25Cl3O2/c1-3-5-6-7-12-24-15-9-10-16-14(13-15)8-11-18(19(16)22)25-20(23)17(21)4-2/h8-11,13,17,20H,3-7,12H2,1-2H3. The van der Waals surface area contributed by atoms with E-state index in [1.54, 1.807) is 0 Å². The van der Waals surface area contributed by atoms with Crippen molar-refractivity contribution in [2.24, 2.45) is 0 Å². The summed E-state index contributed by atoms with van der Waals surface area (Å²) in [4.78, 5) is 0. The normalized spacial score (nSPS) is 13.6. The van der Waals surface area contributed by atoms with Crippen molar-refractivity contribution < 1.29 is 9.47 Å². The highest BCUT2D eigenvalue weighted by Crippen LogP contribution is 2.36. The topological polar surface area (TPSA) is 18.5 Å². The van der Waals surface area contributed by atoms with Crippen molar-refractivity contribution >= 4 is 45.6 Å². The molecule has 2 unspecified atom stereocenters. The van der Waals surface area contributed by atoms with Gasteiger partial charge in [-0.15, -0.1) is 11.6 Å². The number of ether oxygens (including phenoxy) is 2. The Morgan fingerprint density at radius 2 is 1.80 bits per heavy atom. The molecule has 5 heteroatoms. The molecule has 0 fully saturated rings. The number of benzene rings is 2. The minimum Gasteiger partial charge on any atom is -0.494 e. The van der Waals surface area contributed by atoms with Gasteiger partial charge in [-0.25, -0.2) is 0 Å². The van der Waals surface area contributed by atoms with Crippen LogP contribution in [0.15, 0.2) is 30.3 Å². The number of halogens is 3. The highest BCUT2D eigenvalue weighted by atomic mass is 35.5. The Bertz CT molecular complexity index is 675. The van der Waals surface area contributed by atoms with Crippen molar-refractivity contribution in [3.63, 3.8) is 0 Å². The Balaban J connectivity index is 2.07. The van der Waals surface area contributed by atoms with Gasteiger partial charge in [0, 0.05) is 5.39 Å². The molecule has 0 aliphatic rings. The fraction of sp³-hybridized carbons (Fsp3) is 0.500. The molecule has 0 saturated carbocycles. The number of hydrogen-bond acceptors (Lipinski definition) is 2. The lowest BCUT2D eigenvalue weighted by Crippen LogP contribution is -2.20. The predicted octanol–water partition coefficient (Wildman–Crippen LogP) is 7.41. The molecule has 138 valence electrons. The Labute approximate surface area is 165 Å². The Hall–Kier alpha value is -0.830. The predicted molar refractivity (Wildman–Crippen MR) is 109 cm³/mol. The van der Waals surface area contributed by atoms with Gasteiger partial charge >= 0.3 is 0 Å². The first-order valence-electron chi connectivity index (χ1n) is 8.86. The van der Waals surface area contributed by atoms with Crippen LogP contribution in [-0.2, 0) is 0 Å². The van der Waals surface area contributed by atoms with Crippen molar-refractivity contribution in [2.45, 2.75) is 56.9 Å². The minimum absolute atomic E-state index is 0.267. The van der Waals surface area contributed by atoms with E-state index in [1.165, 1.54) is 19.3 Å². The third kappa shape index (κ3) is 5.84. The Morgan fingerprint density at radius 3 is 2.52 bits per heavy atom. The second-order valence-electron chi connectivity index (χ2n) is 6.06. The molecule has 2 atom stereocenters. The molecule has 0 amide bonds. The lowest BCUT2D eigenvalue weighted by atomic mass is 10.1. The lowest BCUT2D eigenvalue weighted by Gasteiger charge is -2.18. The first-order valence-corrected chi connectivity index (χ1v) is 10.1. The largest absolute Gasteiger partial charge is 0.494 e. The molecular weight excluding hydrogens is 379 g/mol. The van der Waals surface area contributed by atoms with Crippen molar-refractivity contribution in [1.29, 1.82) is 0 Å². The van der Waals surface area contributed by atoms with Gasteiger partial charge in [0.1, 0.15) is 11.5 Å². The monoisotopic (exact) mass is 402 g/mol. The van der Waals surface area contributed by atoms with Crippen LogP contribution < -0.4 is 9.47 Å². The second-order valence-corrected chi connectivity index (χ2v) is 7.43. The highest BCUT2D eigenvalue weighted by molar-refractivity contribution is 6.37. The second kappa shape index (κ2) is 10.4. The van der Waals surface area contributed by atoms with Gasteiger partial charge in [0.2, 0.25) is 0 Å². The lowest BCUT2D eigenvalue weighted by molar-refractivity contribution is 0.273. The van der Waals surface area contributed by atoms with Crippen LogP contribution in [0, 0.1) is 0 Å². The fourth-order valence-corrected chi connectivity index (χ4v) is 3.14. The van der Waals surface area contributed by atoms with Crippen molar-refractivity contribution in [2.75, 3.05) is 6.61 Å². The van der Waals surface area contributed by atoms with Gasteiger partial charge in [0.05, 0.1) is 17.0 Å². The first-order chi connectivity index (χ1) is 12.1. The van der Waals surface area contributed by atoms with Crippen LogP contribution in [-0.4, -0.2) is 17.5 Å². The third-order valence-electron chi connectivity index (χ3n) is 4.07. The van der Waals surface area contributed by atoms with E-state index in [-0.39, 0.29) is 5.38 Å². The fourth-order valence-electron chi connectivity index (χ4n) is 2.53. The molecule has 0 saturated heterocycles. The van der Waals surface area contributed by atoms with Crippen molar-refractivity contribution in [1.82, 2.24) is 0 Å². The molecule has 0 bridgehead atoms. The Kier molecular flexibility index (Phi) is 8.48. The van der Waals surface area contributed by atoms with Gasteiger partial charge in [0.25, 0.3) is 0 Å². The maximum Gasteiger partial charge on any atom is 0.188 e. The van der Waals surface area contributed by atoms with Crippen molar-refractivity contribution in [3.05, 3.63) is 35.4 Å². The van der Waals surface area contributed by atoms with Gasteiger partial charge in [-0.05, 0) is 42.5 Å². The van der Waals surface area contributed by atoms with Crippen LogP contribution in [0.2, 0.25) is 5.02 Å². The molecule has 0 heterocycles. The van der Waals surface area contributed by atoms with Crippen molar-refractivity contribution in [3.8, 4) is 11.5 Å². The number of unbranched alkanes of at least 4 members (excludes halogenated alkanes) is 3. The SMILES string of the molecule is CCCCCCOc1ccc2c(Cl)c(OC(Cl)C(Cl)CC)ccc2c1. The summed E-state index contributed by atoms with van der Waals surface area (Å²) >= 11 is 18.8. The third-order valence-corrected chi connectivity index (χ3v) is 5.52. The van der Waals surface area contributed by atoms with Gasteiger partial charge in [-0.2, -0.15) is 0 Å². The van der Waals surface area contributed by atoms with Gasteiger partial charge < -0.3 is 9.47 Å². The van der Waals surface area contributed by atoms with Crippen LogP contribution in [0.1, 0.15) is 46.0 Å². The minimum atomic E-state index is -0.618. The molecule has 2 nitrogen and oxygen atoms in total. The molecule has 25 heavy (non-hydrogen) atoms. The highest BCUT2D eigenvalue weighted by Gasteiger charge is 2.18. The molecular formula is C20H25Cl3O2. The molecule has 0 aliphatic heterocycles. The van der Waals surface area contributed by atoms with Crippen LogP contribution in [0.4, 0.5) is 0 Å². The van der Waals surface area contributed by atoms with E-state index < -0.39 is 5.56 Å². The number of alkyl halides is 2. The molecule has 2 aromatic carbocycles. The van der Waals surface area contributed by atoms with Gasteiger partial charge in [-0.3, -0.25) is 0 Å². The summed E-state index contributed by atoms with van der Waals surface area (Å²) in [6.45, 7) is 4.90. The summed E-state index contributed by atoms with van der Waals surface area (Å²) in [6, 6.07) is 9.67. The summed E-state index contributed by atoms with van der Waals surface area (Å²) in [5, 5.41) is 2.19. The van der Waals surface area contributed by atoms with E-state index in [4.69, 9.17) is 44.3 Å². The maximum absolute atomic E-state index is 6.48. The van der Waals surface area contributed by atoms with Gasteiger partial charge in [0.15, 0.2) is 5.56 Å². The van der Waals surface area contributed by atoms with Gasteiger partial charge in [-0.1, -0.05) is 62.4 Å². The quantitative estimate of drug-likeness (QED) is 0.303. The molecule has 0 aromatic heterocycles. The average Bonchev–Trinajstić information content (AvgIpc) is 2.63. The zero-order valence-corrected chi connectivity index (χ0v) is 17.0. The van der Waals surface area contributed by atoms with Crippen LogP contribution in [0.25, 0.3) is 10.8 Å². The first kappa shape index (κ1) is 20.5. The van der Waals surface area contributed by atoms with E-state index in [9.17, 15) is 0 Å². The zero-order chi connectivity index (χ0) is 18.2. The molecule has 0 aliphatic carbocycles. The van der Waals surface area contributed by atoms with Crippen LogP contribution in [0.3, 0.4) is 0 Å². The van der Waals surface area contributed by atoms with E-state index in [0.29, 0.717) is 10.8 Å². The molecule has 2 aromatic rings. The maximum atomic E-state index is 6.48. The Morgan fingerprint density at radius 1 is 1.00 bits per heavy atom. The van der Waals surface area contributed by atoms with E-state index in [1.807, 2.05) is 37.3 Å². The summed E-state index contributed by atoms with van der Waals surface area (Å²) in [5.74, 6) is 1.40. The summed E-state index contributed by atoms with van der Waals surface area (Å²) in [6.07, 6.45) is 5.48. The molecule has 2 rings (SSSR count). The summed E-state index contributed by atoms with van der Waals surface area (Å²) in [5.41, 5.74) is -0.618. The number of fused-ring (bicyclic) bond motifs is 1. The number of rotatable bonds is 10. The molecule has 0 N–H and O–H groups in total. The molecule has 0 radical (unpaired) electrons. The van der Waals surface area contributed by atoms with Crippen LogP contribution in [0.5, 0.6) is 11.5 Å². The molecule has 0 spiro atoms. The summed E-state index contributed by atoms with van der Waals surface area (Å²) < 4.78 is 11.5. The summed E-state index contributed by atoms with van der Waals surface area (Å²) in [7, 11) is 0. The zero-order valence-electron chi connectivity index (χ0n) is 14.7. The average molecular weight is 404 g/mol. The van der Waals surface area contributed by atoms with E-state index in [2.05, 4.69) is 6.92 Å². The van der Waals surface area contributed by atoms with Crippen LogP contribution >= 0.6 is 34.8 Å².